The number of benzene rings is 2. The second-order valence-corrected chi connectivity index (χ2v) is 7.77. The van der Waals surface area contributed by atoms with Gasteiger partial charge in [0.2, 0.25) is 0 Å². The fourth-order valence-electron chi connectivity index (χ4n) is 2.57. The number of nitrogens with one attached hydrogen (secondary N) is 2. The Balaban J connectivity index is 1.79. The van der Waals surface area contributed by atoms with Crippen LogP contribution < -0.4 is 10.0 Å². The van der Waals surface area contributed by atoms with Crippen molar-refractivity contribution in [2.24, 2.45) is 0 Å². The van der Waals surface area contributed by atoms with E-state index in [-0.39, 0.29) is 22.2 Å². The van der Waals surface area contributed by atoms with Gasteiger partial charge in [0, 0.05) is 18.0 Å². The van der Waals surface area contributed by atoms with Gasteiger partial charge in [-0.25, -0.2) is 12.8 Å². The smallest absolute Gasteiger partial charge is 0.262 e. The molecule has 0 aliphatic heterocycles. The molecule has 0 saturated heterocycles. The molecule has 0 fully saturated rings. The van der Waals surface area contributed by atoms with Crippen LogP contribution in [0.15, 0.2) is 78.0 Å². The van der Waals surface area contributed by atoms with Gasteiger partial charge in [-0.1, -0.05) is 18.2 Å². The second kappa shape index (κ2) is 8.18. The maximum atomic E-state index is 13.8. The van der Waals surface area contributed by atoms with Crippen molar-refractivity contribution >= 4 is 21.6 Å². The minimum Gasteiger partial charge on any atom is -0.346 e. The van der Waals surface area contributed by atoms with Crippen LogP contribution in [0.1, 0.15) is 28.9 Å². The molecule has 0 radical (unpaired) electrons. The monoisotopic (exact) mass is 399 g/mol. The van der Waals surface area contributed by atoms with Gasteiger partial charge in [-0.15, -0.1) is 0 Å². The highest BCUT2D eigenvalue weighted by Gasteiger charge is 2.19. The summed E-state index contributed by atoms with van der Waals surface area (Å²) in [7, 11) is -4.05. The SMILES string of the molecule is CC(NC(=O)c1cccc(S(=O)(=O)Nc2ccccc2F)c1)c1ccncc1. The third kappa shape index (κ3) is 4.52. The number of amides is 1. The number of carbonyl (C=O) groups is 1. The molecule has 0 spiro atoms. The van der Waals surface area contributed by atoms with Crippen LogP contribution in [0.2, 0.25) is 0 Å². The number of anilines is 1. The molecule has 28 heavy (non-hydrogen) atoms. The number of aromatic nitrogens is 1. The maximum absolute atomic E-state index is 13.8. The summed E-state index contributed by atoms with van der Waals surface area (Å²) in [5, 5.41) is 2.81. The number of carbonyl (C=O) groups excluding carboxylic acids is 1. The highest BCUT2D eigenvalue weighted by Crippen LogP contribution is 2.20. The lowest BCUT2D eigenvalue weighted by molar-refractivity contribution is 0.0939. The normalized spacial score (nSPS) is 12.2. The minimum absolute atomic E-state index is 0.139. The fourth-order valence-corrected chi connectivity index (χ4v) is 3.68. The first-order valence-electron chi connectivity index (χ1n) is 8.45. The largest absolute Gasteiger partial charge is 0.346 e. The third-order valence-electron chi connectivity index (χ3n) is 4.08. The van der Waals surface area contributed by atoms with E-state index in [4.69, 9.17) is 0 Å². The van der Waals surface area contributed by atoms with Crippen molar-refractivity contribution in [2.75, 3.05) is 4.72 Å². The van der Waals surface area contributed by atoms with Gasteiger partial charge in [0.05, 0.1) is 16.6 Å². The van der Waals surface area contributed by atoms with Crippen LogP contribution in [0.3, 0.4) is 0 Å². The molecule has 0 bridgehead atoms. The predicted octanol–water partition coefficient (Wildman–Crippen LogP) is 3.51. The first kappa shape index (κ1) is 19.5. The topological polar surface area (TPSA) is 88.2 Å². The van der Waals surface area contributed by atoms with E-state index < -0.39 is 21.7 Å². The van der Waals surface area contributed by atoms with Crippen LogP contribution in [0.5, 0.6) is 0 Å². The van der Waals surface area contributed by atoms with Gasteiger partial charge in [-0.05, 0) is 55.0 Å². The lowest BCUT2D eigenvalue weighted by Crippen LogP contribution is -2.27. The molecule has 1 aromatic heterocycles. The van der Waals surface area contributed by atoms with E-state index in [1.54, 1.807) is 24.5 Å². The number of sulfonamides is 1. The van der Waals surface area contributed by atoms with Crippen LogP contribution in [0.4, 0.5) is 10.1 Å². The Kier molecular flexibility index (Phi) is 5.70. The van der Waals surface area contributed by atoms with Crippen molar-refractivity contribution in [1.82, 2.24) is 10.3 Å². The first-order chi connectivity index (χ1) is 13.4. The molecular formula is C20H18FN3O3S. The summed E-state index contributed by atoms with van der Waals surface area (Å²) in [6.45, 7) is 1.81. The Morgan fingerprint density at radius 2 is 1.75 bits per heavy atom. The molecule has 0 aliphatic rings. The lowest BCUT2D eigenvalue weighted by atomic mass is 10.1. The molecule has 0 aliphatic carbocycles. The molecule has 8 heteroatoms. The number of pyridine rings is 1. The lowest BCUT2D eigenvalue weighted by Gasteiger charge is -2.15. The summed E-state index contributed by atoms with van der Waals surface area (Å²) >= 11 is 0. The maximum Gasteiger partial charge on any atom is 0.262 e. The van der Waals surface area contributed by atoms with Crippen LogP contribution >= 0.6 is 0 Å². The second-order valence-electron chi connectivity index (χ2n) is 6.09. The minimum atomic E-state index is -4.05. The number of hydrogen-bond donors (Lipinski definition) is 2. The highest BCUT2D eigenvalue weighted by atomic mass is 32.2. The first-order valence-corrected chi connectivity index (χ1v) is 9.93. The Morgan fingerprint density at radius 3 is 2.46 bits per heavy atom. The number of halogens is 1. The fraction of sp³-hybridized carbons (Fsp3) is 0.100. The van der Waals surface area contributed by atoms with Crippen LogP contribution in [0, 0.1) is 5.82 Å². The Bertz CT molecular complexity index is 1090. The van der Waals surface area contributed by atoms with E-state index in [0.29, 0.717) is 0 Å². The summed E-state index contributed by atoms with van der Waals surface area (Å²) in [4.78, 5) is 16.3. The molecule has 144 valence electrons. The Hall–Kier alpha value is -3.26. The van der Waals surface area contributed by atoms with E-state index in [2.05, 4.69) is 15.0 Å². The van der Waals surface area contributed by atoms with Crippen molar-refractivity contribution in [3.63, 3.8) is 0 Å². The molecule has 3 aromatic rings. The van der Waals surface area contributed by atoms with Crippen LogP contribution in [0.25, 0.3) is 0 Å². The molecule has 2 aromatic carbocycles. The standard InChI is InChI=1S/C20H18FN3O3S/c1-14(15-9-11-22-12-10-15)23-20(25)16-5-4-6-17(13-16)28(26,27)24-19-8-3-2-7-18(19)21/h2-14,24H,1H3,(H,23,25). The average Bonchev–Trinajstić information content (AvgIpc) is 2.70. The zero-order chi connectivity index (χ0) is 20.1. The molecule has 2 N–H and O–H groups in total. The van der Waals surface area contributed by atoms with Gasteiger partial charge in [0.1, 0.15) is 5.82 Å². The van der Waals surface area contributed by atoms with Gasteiger partial charge in [-0.2, -0.15) is 0 Å². The third-order valence-corrected chi connectivity index (χ3v) is 5.44. The van der Waals surface area contributed by atoms with Crippen LogP contribution in [-0.4, -0.2) is 19.3 Å². The molecular weight excluding hydrogens is 381 g/mol. The van der Waals surface area contributed by atoms with Crippen molar-refractivity contribution in [2.45, 2.75) is 17.9 Å². The number of hydrogen-bond acceptors (Lipinski definition) is 4. The zero-order valence-corrected chi connectivity index (χ0v) is 15.8. The summed E-state index contributed by atoms with van der Waals surface area (Å²) in [6.07, 6.45) is 3.25. The highest BCUT2D eigenvalue weighted by molar-refractivity contribution is 7.92. The molecule has 0 saturated carbocycles. The Morgan fingerprint density at radius 1 is 1.04 bits per heavy atom. The van der Waals surface area contributed by atoms with Gasteiger partial charge < -0.3 is 5.32 Å². The zero-order valence-electron chi connectivity index (χ0n) is 15.0. The van der Waals surface area contributed by atoms with E-state index in [0.717, 1.165) is 11.6 Å². The van der Waals surface area contributed by atoms with Crippen molar-refractivity contribution in [3.05, 3.63) is 90.0 Å². The summed E-state index contributed by atoms with van der Waals surface area (Å²) < 4.78 is 41.1. The van der Waals surface area contributed by atoms with Gasteiger partial charge in [0.15, 0.2) is 0 Å². The van der Waals surface area contributed by atoms with Crippen molar-refractivity contribution in [3.8, 4) is 0 Å². The van der Waals surface area contributed by atoms with E-state index >= 15 is 0 Å². The molecule has 1 atom stereocenters. The van der Waals surface area contributed by atoms with Gasteiger partial charge in [-0.3, -0.25) is 14.5 Å². The molecule has 1 heterocycles. The summed E-state index contributed by atoms with van der Waals surface area (Å²) in [5.41, 5.74) is 0.884. The molecule has 1 amide bonds. The average molecular weight is 399 g/mol. The van der Waals surface area contributed by atoms with Gasteiger partial charge in [0.25, 0.3) is 15.9 Å². The summed E-state index contributed by atoms with van der Waals surface area (Å²) in [6, 6.07) is 14.3. The van der Waals surface area contributed by atoms with Gasteiger partial charge >= 0.3 is 0 Å². The van der Waals surface area contributed by atoms with E-state index in [1.807, 2.05) is 6.92 Å². The molecule has 1 unspecified atom stereocenters. The molecule has 6 nitrogen and oxygen atoms in total. The summed E-state index contributed by atoms with van der Waals surface area (Å²) in [5.74, 6) is -1.11. The van der Waals surface area contributed by atoms with E-state index in [1.165, 1.54) is 42.5 Å². The Labute approximate surface area is 162 Å². The van der Waals surface area contributed by atoms with E-state index in [9.17, 15) is 17.6 Å². The number of rotatable bonds is 6. The van der Waals surface area contributed by atoms with Crippen molar-refractivity contribution < 1.29 is 17.6 Å². The van der Waals surface area contributed by atoms with Crippen LogP contribution in [-0.2, 0) is 10.0 Å². The molecule has 3 rings (SSSR count). The predicted molar refractivity (Wildman–Crippen MR) is 104 cm³/mol. The number of nitrogens with zero attached hydrogens (tertiary/aromatic N) is 1. The quantitative estimate of drug-likeness (QED) is 0.664. The number of para-hydroxylation sites is 1. The van der Waals surface area contributed by atoms with Crippen molar-refractivity contribution in [1.29, 1.82) is 0 Å².